The van der Waals surface area contributed by atoms with Gasteiger partial charge >= 0.3 is 0 Å². The molecule has 532 valence electrons. The van der Waals surface area contributed by atoms with Crippen molar-refractivity contribution in [1.29, 1.82) is 0 Å². The number of aliphatic hydroxyl groups excluding tert-OH is 1. The molecule has 0 aliphatic carbocycles. The summed E-state index contributed by atoms with van der Waals surface area (Å²) < 4.78 is 35.5. The number of carbonyl (C=O) groups excluding carboxylic acids is 11. The van der Waals surface area contributed by atoms with Gasteiger partial charge in [0.25, 0.3) is 0 Å². The van der Waals surface area contributed by atoms with E-state index in [-0.39, 0.29) is 97.2 Å². The van der Waals surface area contributed by atoms with E-state index in [0.717, 1.165) is 10.5 Å². The van der Waals surface area contributed by atoms with E-state index >= 15 is 28.4 Å². The Bertz CT molecular complexity index is 3960. The molecule has 0 spiro atoms. The first-order valence-corrected chi connectivity index (χ1v) is 33.6. The maximum absolute atomic E-state index is 16.0. The lowest BCUT2D eigenvalue weighted by Crippen LogP contribution is -2.64. The first-order chi connectivity index (χ1) is 48.0. The Morgan fingerprint density at radius 3 is 2.22 bits per heavy atom. The van der Waals surface area contributed by atoms with Crippen LogP contribution in [0.4, 0.5) is 4.39 Å². The fourth-order valence-corrected chi connectivity index (χ4v) is 13.3. The summed E-state index contributed by atoms with van der Waals surface area (Å²) in [6, 6.07) is 11.8. The van der Waals surface area contributed by atoms with Crippen LogP contribution in [0.5, 0.6) is 11.5 Å². The number of allylic oxidation sites excluding steroid dienone is 1. The van der Waals surface area contributed by atoms with Gasteiger partial charge in [-0.3, -0.25) is 52.7 Å². The van der Waals surface area contributed by atoms with Crippen molar-refractivity contribution >= 4 is 75.9 Å². The van der Waals surface area contributed by atoms with Crippen LogP contribution in [0.2, 0.25) is 0 Å². The third-order valence-corrected chi connectivity index (χ3v) is 18.8. The SMILES string of the molecule is COc1ccc(C[C@H]2NC(=O)[C@H]([C@H](C)O)NC(=O)C3C4CCN3C(=O)[C@@H]3Cc5cn(c6ccc(F)cc56)C/C=C/COc5cc(ccc5CNC(=O)CCC(=O)N[C@@H](C)C(=O)N[C@H](CN)C(=O)N[C@@H](Cc5cccc(c5)CNC(=O)CO4)C(=O)N3)CCNC(=O)[C@@]3(C)CCCN3C2=O)cc1. The minimum Gasteiger partial charge on any atom is -0.497 e. The Hall–Kier alpha value is -10.3. The lowest BCUT2D eigenvalue weighted by atomic mass is 9.95. The van der Waals surface area contributed by atoms with Crippen LogP contribution in [0.15, 0.2) is 103 Å². The quantitative estimate of drug-likeness (QED) is 0.102. The van der Waals surface area contributed by atoms with Gasteiger partial charge in [0.05, 0.1) is 19.3 Å². The summed E-state index contributed by atoms with van der Waals surface area (Å²) in [4.78, 5) is 163. The number of hydrogen-bond acceptors (Lipinski definition) is 16. The average molecular weight is 1380 g/mol. The lowest BCUT2D eigenvalue weighted by molar-refractivity contribution is -0.148. The zero-order chi connectivity index (χ0) is 71.4. The maximum atomic E-state index is 16.0. The standard InChI is InChI=1S/C71H86FN13O15/c1-40-63(90)81-54(35-73)65(92)78-51-31-44-9-7-10-45(29-44)36-75-60(89)39-100-56-22-27-84-62(56)67(94)82-61(41(2)86)66(93)80-52(30-42-12-16-49(98-4)17-13-42)69(96)85-26-8-23-71(85,3)70(97)74-24-21-43-11-14-46(37-76-58(87)19-20-59(88)77-40)57(32-43)99-28-6-5-25-83-38-47(33-53(68(84)95)79-64(51)91)50-34-48(72)15-18-55(50)83/h5-7,9-18,29,32,34,38,40-41,51-54,56,61-62,86H,8,19-28,30-31,33,35-37,39,73H2,1-4H3,(H,74,97)(H,75,89)(H,76,87)(H,77,88)(H,78,92)(H,79,91)(H,80,93)(H,81,90)(H,82,94)/b6-5+/t40-,41-,51-,52+,53-,54+,56?,61-,62?,71+/m0/s1. The maximum Gasteiger partial charge on any atom is 0.246 e. The second kappa shape index (κ2) is 32.6. The topological polar surface area (TPSA) is 381 Å². The highest BCUT2D eigenvalue weighted by molar-refractivity contribution is 6.00. The van der Waals surface area contributed by atoms with Crippen molar-refractivity contribution in [2.45, 2.75) is 158 Å². The van der Waals surface area contributed by atoms with Crippen molar-refractivity contribution < 1.29 is 76.4 Å². The molecule has 5 aliphatic heterocycles. The van der Waals surface area contributed by atoms with E-state index in [1.807, 2.05) is 0 Å². The zero-order valence-corrected chi connectivity index (χ0v) is 56.2. The van der Waals surface area contributed by atoms with E-state index in [1.54, 1.807) is 103 Å². The molecular formula is C71H86FN13O15. The molecule has 4 aromatic carbocycles. The van der Waals surface area contributed by atoms with E-state index < -0.39 is 144 Å². The monoisotopic (exact) mass is 1380 g/mol. The molecule has 11 amide bonds. The van der Waals surface area contributed by atoms with Gasteiger partial charge < -0.3 is 87.3 Å². The van der Waals surface area contributed by atoms with Crippen LogP contribution in [0, 0.1) is 5.82 Å². The average Bonchev–Trinajstić information content (AvgIpc) is 1.59. The number of hydrogen-bond donors (Lipinski definition) is 11. The largest absolute Gasteiger partial charge is 0.497 e. The predicted octanol–water partition coefficient (Wildman–Crippen LogP) is -0.200. The first kappa shape index (κ1) is 72.5. The number of nitrogens with zero attached hydrogens (tertiary/aromatic N) is 3. The zero-order valence-electron chi connectivity index (χ0n) is 56.2. The smallest absolute Gasteiger partial charge is 0.246 e. The molecule has 1 aromatic heterocycles. The second-order valence-corrected chi connectivity index (χ2v) is 26.0. The van der Waals surface area contributed by atoms with Crippen LogP contribution >= 0.6 is 0 Å². The molecule has 28 nitrogen and oxygen atoms in total. The number of amides is 11. The van der Waals surface area contributed by atoms with Crippen LogP contribution in [0.3, 0.4) is 0 Å². The van der Waals surface area contributed by atoms with Crippen LogP contribution in [-0.2, 0) is 103 Å². The van der Waals surface area contributed by atoms with Gasteiger partial charge in [-0.15, -0.1) is 0 Å². The number of fused-ring (bicyclic) bond motifs is 10. The van der Waals surface area contributed by atoms with Crippen LogP contribution in [-0.4, -0.2) is 191 Å². The summed E-state index contributed by atoms with van der Waals surface area (Å²) in [6.45, 7) is 3.10. The Morgan fingerprint density at radius 2 is 1.45 bits per heavy atom. The minimum atomic E-state index is -1.85. The molecule has 100 heavy (non-hydrogen) atoms. The van der Waals surface area contributed by atoms with E-state index in [2.05, 4.69) is 47.9 Å². The van der Waals surface area contributed by atoms with Crippen molar-refractivity contribution in [2.24, 2.45) is 5.73 Å². The molecule has 5 aliphatic rings. The summed E-state index contributed by atoms with van der Waals surface area (Å²) in [5, 5.41) is 36.5. The van der Waals surface area contributed by atoms with Crippen molar-refractivity contribution in [1.82, 2.24) is 62.2 Å². The summed E-state index contributed by atoms with van der Waals surface area (Å²) in [5.74, 6) is -8.43. The fourth-order valence-electron chi connectivity index (χ4n) is 13.3. The molecule has 2 fully saturated rings. The number of nitrogens with one attached hydrogen (secondary N) is 9. The molecule has 12 N–H and O–H groups in total. The van der Waals surface area contributed by atoms with Crippen molar-refractivity contribution in [3.8, 4) is 11.5 Å². The number of ether oxygens (including phenoxy) is 3. The number of benzene rings is 4. The van der Waals surface area contributed by atoms with Gasteiger partial charge in [0.15, 0.2) is 0 Å². The Labute approximate surface area is 576 Å². The molecular weight excluding hydrogens is 1290 g/mol. The Morgan fingerprint density at radius 1 is 0.700 bits per heavy atom. The fraction of sp³-hybridized carbons (Fsp3) is 0.451. The number of carbonyl (C=O) groups is 11. The third kappa shape index (κ3) is 17.6. The third-order valence-electron chi connectivity index (χ3n) is 18.8. The normalized spacial score (nSPS) is 26.2. The molecule has 11 bridgehead atoms. The molecule has 10 atom stereocenters. The van der Waals surface area contributed by atoms with Gasteiger partial charge in [0.1, 0.15) is 78.4 Å². The van der Waals surface area contributed by atoms with Gasteiger partial charge in [-0.1, -0.05) is 54.6 Å². The van der Waals surface area contributed by atoms with E-state index in [1.165, 1.54) is 38.0 Å². The number of nitrogens with two attached hydrogens (primary N) is 1. The molecule has 0 radical (unpaired) electrons. The summed E-state index contributed by atoms with van der Waals surface area (Å²) in [7, 11) is 1.49. The number of methoxy groups -OCH3 is 1. The van der Waals surface area contributed by atoms with Gasteiger partial charge in [0, 0.05) is 101 Å². The molecule has 5 aromatic rings. The second-order valence-electron chi connectivity index (χ2n) is 26.0. The van der Waals surface area contributed by atoms with Gasteiger partial charge in [-0.05, 0) is 117 Å². The first-order valence-electron chi connectivity index (χ1n) is 33.6. The number of halogens is 1. The Kier molecular flexibility index (Phi) is 23.6. The molecule has 10 rings (SSSR count). The van der Waals surface area contributed by atoms with Crippen molar-refractivity contribution in [3.63, 3.8) is 0 Å². The summed E-state index contributed by atoms with van der Waals surface area (Å²) in [5.41, 5.74) is 8.40. The summed E-state index contributed by atoms with van der Waals surface area (Å²) >= 11 is 0. The number of aromatic nitrogens is 1. The van der Waals surface area contributed by atoms with Crippen molar-refractivity contribution in [3.05, 3.63) is 142 Å². The molecule has 6 heterocycles. The number of rotatable bonds is 5. The molecule has 2 saturated heterocycles. The van der Waals surface area contributed by atoms with Crippen LogP contribution < -0.4 is 63.1 Å². The lowest BCUT2D eigenvalue weighted by Gasteiger charge is -2.37. The summed E-state index contributed by atoms with van der Waals surface area (Å²) in [6.07, 6.45) is 1.67. The molecule has 2 unspecified atom stereocenters. The van der Waals surface area contributed by atoms with Gasteiger partial charge in [-0.25, -0.2) is 4.39 Å². The van der Waals surface area contributed by atoms with E-state index in [9.17, 15) is 33.9 Å². The highest BCUT2D eigenvalue weighted by atomic mass is 19.1. The van der Waals surface area contributed by atoms with Crippen LogP contribution in [0.1, 0.15) is 86.3 Å². The molecule has 0 saturated carbocycles. The predicted molar refractivity (Wildman–Crippen MR) is 360 cm³/mol. The van der Waals surface area contributed by atoms with Gasteiger partial charge in [0.2, 0.25) is 65.0 Å². The minimum absolute atomic E-state index is 0.00948. The molecule has 29 heteroatoms. The Balaban J connectivity index is 1.10. The van der Waals surface area contributed by atoms with E-state index in [4.69, 9.17) is 19.9 Å². The highest BCUT2D eigenvalue weighted by Gasteiger charge is 2.50. The van der Waals surface area contributed by atoms with Gasteiger partial charge in [-0.2, -0.15) is 0 Å². The van der Waals surface area contributed by atoms with E-state index in [0.29, 0.717) is 56.6 Å². The highest BCUT2D eigenvalue weighted by Crippen LogP contribution is 2.32. The van der Waals surface area contributed by atoms with Crippen LogP contribution in [0.25, 0.3) is 10.9 Å². The number of aliphatic hydroxyl groups is 1. The van der Waals surface area contributed by atoms with Crippen molar-refractivity contribution in [2.75, 3.05) is 46.5 Å².